The fraction of sp³-hybridized carbons (Fsp3) is 0.562. The van der Waals surface area contributed by atoms with E-state index in [4.69, 9.17) is 0 Å². The van der Waals surface area contributed by atoms with Crippen LogP contribution in [0, 0.1) is 16.0 Å². The number of carbonyl (C=O) groups is 1. The Kier molecular flexibility index (Phi) is 6.09. The Balaban J connectivity index is 3.02. The van der Waals surface area contributed by atoms with Gasteiger partial charge in [-0.05, 0) is 18.9 Å². The number of non-ortho nitro benzene ring substituents is 1. The van der Waals surface area contributed by atoms with Crippen molar-refractivity contribution in [2.24, 2.45) is 5.92 Å². The van der Waals surface area contributed by atoms with Gasteiger partial charge in [0.25, 0.3) is 11.6 Å². The quantitative estimate of drug-likeness (QED) is 0.592. The van der Waals surface area contributed by atoms with Crippen LogP contribution < -0.4 is 10.2 Å². The van der Waals surface area contributed by atoms with Crippen molar-refractivity contribution in [3.63, 3.8) is 0 Å². The number of amides is 1. The smallest absolute Gasteiger partial charge is 0.270 e. The summed E-state index contributed by atoms with van der Waals surface area (Å²) >= 11 is 0. The number of nitro groups is 1. The van der Waals surface area contributed by atoms with Crippen LogP contribution in [0.5, 0.6) is 0 Å². The van der Waals surface area contributed by atoms with Crippen molar-refractivity contribution in [3.8, 4) is 0 Å². The SMILES string of the molecule is CCC(C)C(C)(O)CNC(=O)c1cc([N+](=O)[O-])ccc1N(C)C. The lowest BCUT2D eigenvalue weighted by Crippen LogP contribution is -2.45. The van der Waals surface area contributed by atoms with E-state index in [1.54, 1.807) is 32.0 Å². The van der Waals surface area contributed by atoms with Crippen LogP contribution in [0.1, 0.15) is 37.6 Å². The van der Waals surface area contributed by atoms with Gasteiger partial charge in [0, 0.05) is 38.5 Å². The number of anilines is 1. The molecule has 1 aromatic carbocycles. The molecule has 7 heteroatoms. The topological polar surface area (TPSA) is 95.7 Å². The number of hydrogen-bond acceptors (Lipinski definition) is 5. The van der Waals surface area contributed by atoms with E-state index in [-0.39, 0.29) is 23.7 Å². The minimum absolute atomic E-state index is 0.0150. The number of hydrogen-bond donors (Lipinski definition) is 2. The summed E-state index contributed by atoms with van der Waals surface area (Å²) in [6.07, 6.45) is 0.780. The minimum Gasteiger partial charge on any atom is -0.388 e. The van der Waals surface area contributed by atoms with Gasteiger partial charge < -0.3 is 15.3 Å². The molecule has 2 atom stereocenters. The second kappa shape index (κ2) is 7.41. The van der Waals surface area contributed by atoms with Crippen molar-refractivity contribution < 1.29 is 14.8 Å². The molecule has 0 saturated heterocycles. The van der Waals surface area contributed by atoms with Crippen LogP contribution in [0.25, 0.3) is 0 Å². The Hall–Kier alpha value is -2.15. The Morgan fingerprint density at radius 1 is 1.48 bits per heavy atom. The number of nitrogens with zero attached hydrogens (tertiary/aromatic N) is 2. The molecule has 0 bridgehead atoms. The monoisotopic (exact) mass is 323 g/mol. The first-order valence-corrected chi connectivity index (χ1v) is 7.56. The summed E-state index contributed by atoms with van der Waals surface area (Å²) in [6, 6.07) is 4.16. The van der Waals surface area contributed by atoms with E-state index < -0.39 is 16.4 Å². The zero-order valence-corrected chi connectivity index (χ0v) is 14.3. The van der Waals surface area contributed by atoms with Gasteiger partial charge in [-0.15, -0.1) is 0 Å². The fourth-order valence-electron chi connectivity index (χ4n) is 2.18. The highest BCUT2D eigenvalue weighted by Gasteiger charge is 2.28. The van der Waals surface area contributed by atoms with Crippen LogP contribution in [0.2, 0.25) is 0 Å². The average Bonchev–Trinajstić information content (AvgIpc) is 2.50. The first-order valence-electron chi connectivity index (χ1n) is 7.56. The maximum Gasteiger partial charge on any atom is 0.270 e. The number of nitro benzene ring substituents is 1. The number of nitrogens with one attached hydrogen (secondary N) is 1. The van der Waals surface area contributed by atoms with Gasteiger partial charge in [-0.25, -0.2) is 0 Å². The third kappa shape index (κ3) is 4.66. The van der Waals surface area contributed by atoms with Gasteiger partial charge in [-0.1, -0.05) is 20.3 Å². The van der Waals surface area contributed by atoms with Crippen molar-refractivity contribution in [1.29, 1.82) is 0 Å². The predicted molar refractivity (Wildman–Crippen MR) is 89.8 cm³/mol. The van der Waals surface area contributed by atoms with Crippen LogP contribution in [0.3, 0.4) is 0 Å². The van der Waals surface area contributed by atoms with Crippen LogP contribution in [0.4, 0.5) is 11.4 Å². The predicted octanol–water partition coefficient (Wildman–Crippen LogP) is 2.19. The second-order valence-corrected chi connectivity index (χ2v) is 6.20. The Bertz CT molecular complexity index is 585. The van der Waals surface area contributed by atoms with Gasteiger partial charge >= 0.3 is 0 Å². The van der Waals surface area contributed by atoms with E-state index in [1.807, 2.05) is 13.8 Å². The molecule has 128 valence electrons. The summed E-state index contributed by atoms with van der Waals surface area (Å²) in [5.74, 6) is -0.429. The highest BCUT2D eigenvalue weighted by molar-refractivity contribution is 6.00. The molecular formula is C16H25N3O4. The van der Waals surface area contributed by atoms with Crippen LogP contribution >= 0.6 is 0 Å². The average molecular weight is 323 g/mol. The number of benzene rings is 1. The van der Waals surface area contributed by atoms with E-state index in [0.717, 1.165) is 6.42 Å². The summed E-state index contributed by atoms with van der Waals surface area (Å²) in [4.78, 5) is 24.5. The number of aliphatic hydroxyl groups is 1. The normalized spacial score (nSPS) is 14.7. The van der Waals surface area contributed by atoms with Crippen molar-refractivity contribution in [2.75, 3.05) is 25.5 Å². The summed E-state index contributed by atoms with van der Waals surface area (Å²) in [6.45, 7) is 5.62. The molecular weight excluding hydrogens is 298 g/mol. The maximum atomic E-state index is 12.4. The summed E-state index contributed by atoms with van der Waals surface area (Å²) in [5, 5.41) is 24.0. The Labute approximate surface area is 136 Å². The lowest BCUT2D eigenvalue weighted by atomic mass is 9.88. The lowest BCUT2D eigenvalue weighted by molar-refractivity contribution is -0.384. The molecule has 2 unspecified atom stereocenters. The molecule has 0 fully saturated rings. The Morgan fingerprint density at radius 3 is 2.57 bits per heavy atom. The second-order valence-electron chi connectivity index (χ2n) is 6.20. The van der Waals surface area contributed by atoms with Crippen molar-refractivity contribution in [3.05, 3.63) is 33.9 Å². The van der Waals surface area contributed by atoms with Crippen molar-refractivity contribution in [1.82, 2.24) is 5.32 Å². The first kappa shape index (κ1) is 18.9. The van der Waals surface area contributed by atoms with Gasteiger partial charge in [0.15, 0.2) is 0 Å². The zero-order valence-electron chi connectivity index (χ0n) is 14.3. The fourth-order valence-corrected chi connectivity index (χ4v) is 2.18. The van der Waals surface area contributed by atoms with Crippen molar-refractivity contribution in [2.45, 2.75) is 32.8 Å². The van der Waals surface area contributed by atoms with Crippen LogP contribution in [-0.4, -0.2) is 42.2 Å². The molecule has 2 N–H and O–H groups in total. The van der Waals surface area contributed by atoms with Gasteiger partial charge in [0.05, 0.1) is 16.1 Å². The molecule has 0 aliphatic rings. The highest BCUT2D eigenvalue weighted by Crippen LogP contribution is 2.25. The van der Waals surface area contributed by atoms with Crippen LogP contribution in [0.15, 0.2) is 18.2 Å². The number of carbonyl (C=O) groups excluding carboxylic acids is 1. The third-order valence-corrected chi connectivity index (χ3v) is 4.20. The van der Waals surface area contributed by atoms with E-state index in [9.17, 15) is 20.0 Å². The van der Waals surface area contributed by atoms with Gasteiger partial charge in [-0.2, -0.15) is 0 Å². The molecule has 0 saturated carbocycles. The Morgan fingerprint density at radius 2 is 2.09 bits per heavy atom. The standard InChI is InChI=1S/C16H25N3O4/c1-6-11(2)16(3,21)10-17-15(20)13-9-12(19(22)23)7-8-14(13)18(4)5/h7-9,11,21H,6,10H2,1-5H3,(H,17,20). The first-order chi connectivity index (χ1) is 10.6. The molecule has 7 nitrogen and oxygen atoms in total. The lowest BCUT2D eigenvalue weighted by Gasteiger charge is -2.30. The molecule has 0 aliphatic carbocycles. The summed E-state index contributed by atoms with van der Waals surface area (Å²) in [5.41, 5.74) is -0.390. The van der Waals surface area contributed by atoms with E-state index in [2.05, 4.69) is 5.32 Å². The molecule has 0 aliphatic heterocycles. The number of rotatable bonds is 7. The van der Waals surface area contributed by atoms with E-state index in [1.165, 1.54) is 12.1 Å². The molecule has 0 heterocycles. The van der Waals surface area contributed by atoms with E-state index >= 15 is 0 Å². The van der Waals surface area contributed by atoms with E-state index in [0.29, 0.717) is 5.69 Å². The summed E-state index contributed by atoms with van der Waals surface area (Å²) < 4.78 is 0. The molecule has 23 heavy (non-hydrogen) atoms. The molecule has 0 spiro atoms. The van der Waals surface area contributed by atoms with Gasteiger partial charge in [0.2, 0.25) is 0 Å². The molecule has 1 aromatic rings. The van der Waals surface area contributed by atoms with Crippen molar-refractivity contribution >= 4 is 17.3 Å². The van der Waals surface area contributed by atoms with Gasteiger partial charge in [0.1, 0.15) is 0 Å². The third-order valence-electron chi connectivity index (χ3n) is 4.20. The molecule has 0 radical (unpaired) electrons. The molecule has 1 amide bonds. The van der Waals surface area contributed by atoms with Gasteiger partial charge in [-0.3, -0.25) is 14.9 Å². The van der Waals surface area contributed by atoms with Crippen LogP contribution in [-0.2, 0) is 0 Å². The maximum absolute atomic E-state index is 12.4. The molecule has 0 aromatic heterocycles. The largest absolute Gasteiger partial charge is 0.388 e. The highest BCUT2D eigenvalue weighted by atomic mass is 16.6. The molecule has 1 rings (SSSR count). The minimum atomic E-state index is -1.04. The zero-order chi connectivity index (χ0) is 17.8. The summed E-state index contributed by atoms with van der Waals surface area (Å²) in [7, 11) is 3.51.